The van der Waals surface area contributed by atoms with Crippen LogP contribution in [0.2, 0.25) is 0 Å². The van der Waals surface area contributed by atoms with E-state index >= 15 is 0 Å². The average Bonchev–Trinajstić information content (AvgIpc) is 2.73. The zero-order valence-electron chi connectivity index (χ0n) is 16.0. The molecule has 0 spiro atoms. The van der Waals surface area contributed by atoms with Gasteiger partial charge in [-0.25, -0.2) is 9.97 Å². The summed E-state index contributed by atoms with van der Waals surface area (Å²) in [6, 6.07) is 18.8. The smallest absolute Gasteiger partial charge is 0.287 e. The van der Waals surface area contributed by atoms with E-state index in [4.69, 9.17) is 10.6 Å². The lowest BCUT2D eigenvalue weighted by Crippen LogP contribution is -2.28. The number of pyridine rings is 1. The van der Waals surface area contributed by atoms with Crippen molar-refractivity contribution in [2.45, 2.75) is 20.1 Å². The van der Waals surface area contributed by atoms with Crippen molar-refractivity contribution >= 4 is 22.4 Å². The summed E-state index contributed by atoms with van der Waals surface area (Å²) in [5.41, 5.74) is 10.0. The van der Waals surface area contributed by atoms with Gasteiger partial charge >= 0.3 is 0 Å². The first kappa shape index (κ1) is 18.5. The molecule has 0 amide bonds. The summed E-state index contributed by atoms with van der Waals surface area (Å²) in [7, 11) is 0. The molecule has 2 aromatic heterocycles. The molecule has 146 valence electrons. The summed E-state index contributed by atoms with van der Waals surface area (Å²) >= 11 is 0. The highest BCUT2D eigenvalue weighted by atomic mass is 16.7. The lowest BCUT2D eigenvalue weighted by molar-refractivity contribution is 0.0979. The minimum Gasteiger partial charge on any atom is -0.404 e. The Morgan fingerprint density at radius 1 is 1.03 bits per heavy atom. The van der Waals surface area contributed by atoms with E-state index in [9.17, 15) is 4.79 Å². The number of aryl methyl sites for hydroxylation is 1. The highest BCUT2D eigenvalue weighted by molar-refractivity contribution is 5.90. The van der Waals surface area contributed by atoms with Crippen molar-refractivity contribution in [1.29, 1.82) is 0 Å². The molecule has 0 saturated carbocycles. The number of nitrogen functional groups attached to an aromatic ring is 1. The van der Waals surface area contributed by atoms with Crippen molar-refractivity contribution in [3.63, 3.8) is 0 Å². The van der Waals surface area contributed by atoms with Gasteiger partial charge in [0.05, 0.1) is 16.8 Å². The topological polar surface area (TPSA) is 95.1 Å². The van der Waals surface area contributed by atoms with E-state index in [1.54, 1.807) is 0 Å². The van der Waals surface area contributed by atoms with Crippen molar-refractivity contribution in [3.8, 4) is 0 Å². The molecule has 4 aromatic rings. The van der Waals surface area contributed by atoms with Gasteiger partial charge in [0.1, 0.15) is 12.9 Å². The van der Waals surface area contributed by atoms with E-state index in [1.165, 1.54) is 17.1 Å². The predicted octanol–water partition coefficient (Wildman–Crippen LogP) is 2.92. The average molecular weight is 387 g/mol. The van der Waals surface area contributed by atoms with Crippen molar-refractivity contribution in [2.75, 3.05) is 11.1 Å². The Morgan fingerprint density at radius 2 is 1.79 bits per heavy atom. The first-order valence-corrected chi connectivity index (χ1v) is 9.24. The number of anilines is 2. The number of rotatable bonds is 6. The first-order valence-electron chi connectivity index (χ1n) is 9.24. The molecule has 0 bridgehead atoms. The fraction of sp³-hybridized carbons (Fsp3) is 0.136. The molecule has 2 heterocycles. The Hall–Kier alpha value is -3.87. The van der Waals surface area contributed by atoms with Crippen molar-refractivity contribution in [1.82, 2.24) is 14.7 Å². The van der Waals surface area contributed by atoms with Gasteiger partial charge in [-0.05, 0) is 30.2 Å². The van der Waals surface area contributed by atoms with Crippen molar-refractivity contribution in [3.05, 3.63) is 94.2 Å². The zero-order chi connectivity index (χ0) is 20.2. The number of aromatic nitrogens is 3. The minimum absolute atomic E-state index is 0.261. The molecule has 0 aliphatic rings. The van der Waals surface area contributed by atoms with E-state index in [1.807, 2.05) is 61.5 Å². The van der Waals surface area contributed by atoms with Crippen LogP contribution in [0.4, 0.5) is 11.4 Å². The molecule has 0 unspecified atom stereocenters. The minimum atomic E-state index is -0.300. The van der Waals surface area contributed by atoms with Crippen molar-refractivity contribution in [2.24, 2.45) is 0 Å². The Balaban J connectivity index is 1.67. The van der Waals surface area contributed by atoms with Gasteiger partial charge in [0.25, 0.3) is 5.56 Å². The Labute approximate surface area is 167 Å². The molecular formula is C22H21N5O2. The van der Waals surface area contributed by atoms with Gasteiger partial charge < -0.3 is 15.9 Å². The van der Waals surface area contributed by atoms with Crippen LogP contribution in [0.1, 0.15) is 16.8 Å². The lowest BCUT2D eigenvalue weighted by atomic mass is 10.2. The van der Waals surface area contributed by atoms with Gasteiger partial charge in [-0.2, -0.15) is 0 Å². The molecule has 29 heavy (non-hydrogen) atoms. The summed E-state index contributed by atoms with van der Waals surface area (Å²) in [4.78, 5) is 27.2. The molecular weight excluding hydrogens is 366 g/mol. The quantitative estimate of drug-likeness (QED) is 0.494. The second-order valence-electron chi connectivity index (χ2n) is 6.70. The maximum Gasteiger partial charge on any atom is 0.287 e. The molecule has 0 atom stereocenters. The van der Waals surface area contributed by atoms with E-state index in [0.717, 1.165) is 22.2 Å². The first-order chi connectivity index (χ1) is 14.1. The predicted molar refractivity (Wildman–Crippen MR) is 113 cm³/mol. The van der Waals surface area contributed by atoms with Gasteiger partial charge in [-0.1, -0.05) is 42.5 Å². The van der Waals surface area contributed by atoms with E-state index in [2.05, 4.69) is 15.3 Å². The molecule has 0 aliphatic carbocycles. The molecule has 0 fully saturated rings. The third-order valence-corrected chi connectivity index (χ3v) is 4.61. The standard InChI is InChI=1S/C22H21N5O2/c1-15-21-19(24-12-16-7-9-18(23)10-8-16)11-20(28)27(22(21)26-14-25-15)29-13-17-5-3-2-4-6-17/h2-11,14,24H,12-13,23H2,1H3. The normalized spacial score (nSPS) is 10.8. The van der Waals surface area contributed by atoms with Crippen LogP contribution in [0.15, 0.2) is 71.8 Å². The largest absolute Gasteiger partial charge is 0.404 e. The van der Waals surface area contributed by atoms with Crippen LogP contribution in [0.5, 0.6) is 0 Å². The number of nitrogens with one attached hydrogen (secondary N) is 1. The lowest BCUT2D eigenvalue weighted by Gasteiger charge is -2.15. The Morgan fingerprint density at radius 3 is 2.55 bits per heavy atom. The zero-order valence-corrected chi connectivity index (χ0v) is 16.0. The van der Waals surface area contributed by atoms with Crippen LogP contribution in [0, 0.1) is 6.92 Å². The third kappa shape index (κ3) is 4.03. The third-order valence-electron chi connectivity index (χ3n) is 4.61. The molecule has 0 aliphatic heterocycles. The maximum absolute atomic E-state index is 12.8. The summed E-state index contributed by atoms with van der Waals surface area (Å²) in [5.74, 6) is 0. The van der Waals surface area contributed by atoms with Crippen LogP contribution >= 0.6 is 0 Å². The highest BCUT2D eigenvalue weighted by Gasteiger charge is 2.14. The van der Waals surface area contributed by atoms with Gasteiger partial charge in [0.15, 0.2) is 5.65 Å². The number of nitrogens with two attached hydrogens (primary N) is 1. The van der Waals surface area contributed by atoms with Crippen molar-refractivity contribution < 1.29 is 4.84 Å². The van der Waals surface area contributed by atoms with Crippen LogP contribution in [-0.4, -0.2) is 14.7 Å². The maximum atomic E-state index is 12.8. The van der Waals surface area contributed by atoms with E-state index in [-0.39, 0.29) is 12.2 Å². The monoisotopic (exact) mass is 387 g/mol. The van der Waals surface area contributed by atoms with E-state index < -0.39 is 0 Å². The summed E-state index contributed by atoms with van der Waals surface area (Å²) in [6.45, 7) is 2.68. The second kappa shape index (κ2) is 8.02. The number of hydrogen-bond donors (Lipinski definition) is 2. The number of hydrogen-bond acceptors (Lipinski definition) is 6. The van der Waals surface area contributed by atoms with Crippen LogP contribution < -0.4 is 21.4 Å². The molecule has 4 rings (SSSR count). The van der Waals surface area contributed by atoms with Crippen LogP contribution in [0.3, 0.4) is 0 Å². The highest BCUT2D eigenvalue weighted by Crippen LogP contribution is 2.23. The Bertz CT molecular complexity index is 1190. The summed E-state index contributed by atoms with van der Waals surface area (Å²) in [6.07, 6.45) is 1.43. The van der Waals surface area contributed by atoms with Gasteiger partial charge in [0.2, 0.25) is 0 Å². The van der Waals surface area contributed by atoms with Gasteiger partial charge in [-0.15, -0.1) is 4.73 Å². The van der Waals surface area contributed by atoms with Gasteiger partial charge in [-0.3, -0.25) is 4.79 Å². The molecule has 0 saturated heterocycles. The molecule has 7 nitrogen and oxygen atoms in total. The number of nitrogens with zero attached hydrogens (tertiary/aromatic N) is 3. The SMILES string of the molecule is Cc1ncnc2c1c(NCc1ccc(N)cc1)cc(=O)n2OCc1ccccc1. The molecule has 7 heteroatoms. The van der Waals surface area contributed by atoms with Gasteiger partial charge in [0, 0.05) is 18.3 Å². The summed E-state index contributed by atoms with van der Waals surface area (Å²) in [5, 5.41) is 4.06. The fourth-order valence-corrected chi connectivity index (χ4v) is 3.10. The second-order valence-corrected chi connectivity index (χ2v) is 6.70. The summed E-state index contributed by atoms with van der Waals surface area (Å²) < 4.78 is 1.23. The number of fused-ring (bicyclic) bond motifs is 1. The molecule has 2 aromatic carbocycles. The van der Waals surface area contributed by atoms with E-state index in [0.29, 0.717) is 23.6 Å². The Kier molecular flexibility index (Phi) is 5.11. The molecule has 3 N–H and O–H groups in total. The molecule has 0 radical (unpaired) electrons. The van der Waals surface area contributed by atoms with Crippen LogP contribution in [0.25, 0.3) is 11.0 Å². The van der Waals surface area contributed by atoms with Crippen LogP contribution in [-0.2, 0) is 13.2 Å². The fourth-order valence-electron chi connectivity index (χ4n) is 3.10. The number of benzene rings is 2.